The van der Waals surface area contributed by atoms with Crippen LogP contribution in [0.4, 0.5) is 11.4 Å². The molecule has 0 saturated carbocycles. The second-order valence-electron chi connectivity index (χ2n) is 7.01. The molecule has 0 unspecified atom stereocenters. The minimum atomic E-state index is -0.528. The quantitative estimate of drug-likeness (QED) is 0.668. The zero-order chi connectivity index (χ0) is 21.7. The molecule has 6 nitrogen and oxygen atoms in total. The number of carbonyl (C=O) groups excluding carboxylic acids is 2. The summed E-state index contributed by atoms with van der Waals surface area (Å²) in [7, 11) is 1.57. The normalized spacial score (nSPS) is 17.3. The van der Waals surface area contributed by atoms with E-state index in [2.05, 4.69) is 11.9 Å². The lowest BCUT2D eigenvalue weighted by atomic mass is 10.1. The standard InChI is InChI=1S/C23H25N3O3S/c1-5-11-26-22(28)20(14-21(27)24-17-7-6-8-18(13-17)29-4)30-23(26)25-19-12-15(2)9-10-16(19)3/h5-10,12-13,20H,1,11,14H2,2-4H3,(H,24,27)/t20-/m1/s1. The fourth-order valence-corrected chi connectivity index (χ4v) is 4.21. The Balaban J connectivity index is 1.76. The van der Waals surface area contributed by atoms with Gasteiger partial charge in [0.15, 0.2) is 5.17 Å². The van der Waals surface area contributed by atoms with E-state index in [1.165, 1.54) is 11.8 Å². The van der Waals surface area contributed by atoms with Gasteiger partial charge in [0, 0.05) is 24.7 Å². The highest BCUT2D eigenvalue weighted by atomic mass is 32.2. The summed E-state index contributed by atoms with van der Waals surface area (Å²) >= 11 is 1.32. The number of ether oxygens (including phenoxy) is 1. The van der Waals surface area contributed by atoms with Gasteiger partial charge < -0.3 is 10.1 Å². The van der Waals surface area contributed by atoms with Crippen molar-refractivity contribution < 1.29 is 14.3 Å². The highest BCUT2D eigenvalue weighted by Gasteiger charge is 2.38. The summed E-state index contributed by atoms with van der Waals surface area (Å²) in [6.45, 7) is 8.08. The molecule has 0 spiro atoms. The third-order valence-corrected chi connectivity index (χ3v) is 5.81. The van der Waals surface area contributed by atoms with Crippen LogP contribution in [-0.2, 0) is 9.59 Å². The monoisotopic (exact) mass is 423 g/mol. The molecule has 7 heteroatoms. The minimum Gasteiger partial charge on any atom is -0.497 e. The highest BCUT2D eigenvalue weighted by molar-refractivity contribution is 8.15. The molecule has 1 fully saturated rings. The van der Waals surface area contributed by atoms with Crippen molar-refractivity contribution in [2.45, 2.75) is 25.5 Å². The van der Waals surface area contributed by atoms with Gasteiger partial charge in [0.1, 0.15) is 11.0 Å². The average molecular weight is 424 g/mol. The third-order valence-electron chi connectivity index (χ3n) is 4.64. The van der Waals surface area contributed by atoms with Gasteiger partial charge in [-0.05, 0) is 43.2 Å². The Hall–Kier alpha value is -3.06. The molecule has 0 bridgehead atoms. The van der Waals surface area contributed by atoms with E-state index in [-0.39, 0.29) is 18.2 Å². The minimum absolute atomic E-state index is 0.0557. The van der Waals surface area contributed by atoms with Crippen LogP contribution in [0.1, 0.15) is 17.5 Å². The molecule has 1 heterocycles. The summed E-state index contributed by atoms with van der Waals surface area (Å²) in [4.78, 5) is 31.8. The SMILES string of the molecule is C=CCN1C(=O)[C@@H](CC(=O)Nc2cccc(OC)c2)SC1=Nc1cc(C)ccc1C. The van der Waals surface area contributed by atoms with Gasteiger partial charge >= 0.3 is 0 Å². The van der Waals surface area contributed by atoms with E-state index in [1.54, 1.807) is 42.4 Å². The van der Waals surface area contributed by atoms with E-state index in [1.807, 2.05) is 32.0 Å². The fraction of sp³-hybridized carbons (Fsp3) is 0.261. The van der Waals surface area contributed by atoms with Gasteiger partial charge in [0.05, 0.1) is 12.8 Å². The Morgan fingerprint density at radius 2 is 2.10 bits per heavy atom. The Kier molecular flexibility index (Phi) is 6.95. The smallest absolute Gasteiger partial charge is 0.242 e. The van der Waals surface area contributed by atoms with E-state index >= 15 is 0 Å². The molecule has 2 aromatic carbocycles. The first-order valence-corrected chi connectivity index (χ1v) is 10.5. The number of aliphatic imine (C=N–C) groups is 1. The van der Waals surface area contributed by atoms with Crippen LogP contribution in [-0.4, -0.2) is 40.8 Å². The molecule has 1 N–H and O–H groups in total. The summed E-state index contributed by atoms with van der Waals surface area (Å²) in [5, 5.41) is 2.89. The predicted molar refractivity (Wildman–Crippen MR) is 123 cm³/mol. The van der Waals surface area contributed by atoms with Gasteiger partial charge in [-0.25, -0.2) is 4.99 Å². The molecule has 1 aliphatic rings. The summed E-state index contributed by atoms with van der Waals surface area (Å²) < 4.78 is 5.18. The van der Waals surface area contributed by atoms with E-state index in [4.69, 9.17) is 9.73 Å². The number of aryl methyl sites for hydroxylation is 2. The lowest BCUT2D eigenvalue weighted by Gasteiger charge is -2.14. The molecular formula is C23H25N3O3S. The van der Waals surface area contributed by atoms with Gasteiger partial charge in [-0.15, -0.1) is 6.58 Å². The lowest BCUT2D eigenvalue weighted by Crippen LogP contribution is -2.33. The van der Waals surface area contributed by atoms with Crippen molar-refractivity contribution in [3.05, 3.63) is 66.2 Å². The summed E-state index contributed by atoms with van der Waals surface area (Å²) in [6.07, 6.45) is 1.72. The maximum Gasteiger partial charge on any atom is 0.242 e. The lowest BCUT2D eigenvalue weighted by molar-refractivity contribution is -0.127. The molecule has 3 rings (SSSR count). The predicted octanol–water partition coefficient (Wildman–Crippen LogP) is 4.46. The van der Waals surface area contributed by atoms with Gasteiger partial charge in [-0.2, -0.15) is 0 Å². The largest absolute Gasteiger partial charge is 0.497 e. The first-order valence-electron chi connectivity index (χ1n) is 9.60. The van der Waals surface area contributed by atoms with Crippen LogP contribution >= 0.6 is 11.8 Å². The Bertz CT molecular complexity index is 1000. The number of amidine groups is 1. The van der Waals surface area contributed by atoms with Crippen molar-refractivity contribution >= 4 is 40.1 Å². The second-order valence-corrected chi connectivity index (χ2v) is 8.18. The number of methoxy groups -OCH3 is 1. The summed E-state index contributed by atoms with van der Waals surface area (Å²) in [5.74, 6) is 0.282. The van der Waals surface area contributed by atoms with Gasteiger partial charge in [-0.3, -0.25) is 14.5 Å². The van der Waals surface area contributed by atoms with E-state index in [0.29, 0.717) is 23.1 Å². The van der Waals surface area contributed by atoms with E-state index < -0.39 is 5.25 Å². The van der Waals surface area contributed by atoms with E-state index in [9.17, 15) is 9.59 Å². The van der Waals surface area contributed by atoms with Crippen LogP contribution in [0.2, 0.25) is 0 Å². The molecule has 2 aromatic rings. The van der Waals surface area contributed by atoms with Crippen molar-refractivity contribution in [1.82, 2.24) is 4.90 Å². The summed E-state index contributed by atoms with van der Waals surface area (Å²) in [5.41, 5.74) is 3.57. The number of carbonyl (C=O) groups is 2. The van der Waals surface area contributed by atoms with Gasteiger partial charge in [0.2, 0.25) is 11.8 Å². The maximum absolute atomic E-state index is 12.9. The number of thioether (sulfide) groups is 1. The summed E-state index contributed by atoms with van der Waals surface area (Å²) in [6, 6.07) is 13.1. The Morgan fingerprint density at radius 3 is 2.83 bits per heavy atom. The number of benzene rings is 2. The number of hydrogen-bond donors (Lipinski definition) is 1. The molecule has 1 aliphatic heterocycles. The Morgan fingerprint density at radius 1 is 1.30 bits per heavy atom. The van der Waals surface area contributed by atoms with Crippen LogP contribution in [0, 0.1) is 13.8 Å². The van der Waals surface area contributed by atoms with Crippen molar-refractivity contribution in [3.63, 3.8) is 0 Å². The number of nitrogens with zero attached hydrogens (tertiary/aromatic N) is 2. The van der Waals surface area contributed by atoms with Crippen LogP contribution in [0.15, 0.2) is 60.1 Å². The molecule has 1 atom stereocenters. The molecule has 0 aromatic heterocycles. The van der Waals surface area contributed by atoms with E-state index in [0.717, 1.165) is 16.8 Å². The topological polar surface area (TPSA) is 71.0 Å². The van der Waals surface area contributed by atoms with Gasteiger partial charge in [0.25, 0.3) is 0 Å². The molecule has 1 saturated heterocycles. The van der Waals surface area contributed by atoms with Gasteiger partial charge in [-0.1, -0.05) is 36.0 Å². The molecule has 0 aliphatic carbocycles. The van der Waals surface area contributed by atoms with Crippen LogP contribution in [0.25, 0.3) is 0 Å². The average Bonchev–Trinajstić information content (AvgIpc) is 3.00. The number of amides is 2. The zero-order valence-corrected chi connectivity index (χ0v) is 18.2. The number of nitrogens with one attached hydrogen (secondary N) is 1. The van der Waals surface area contributed by atoms with Crippen molar-refractivity contribution in [3.8, 4) is 5.75 Å². The van der Waals surface area contributed by atoms with Crippen LogP contribution in [0.5, 0.6) is 5.75 Å². The zero-order valence-electron chi connectivity index (χ0n) is 17.3. The number of rotatable bonds is 7. The molecule has 30 heavy (non-hydrogen) atoms. The van der Waals surface area contributed by atoms with Crippen molar-refractivity contribution in [2.75, 3.05) is 19.0 Å². The second kappa shape index (κ2) is 9.63. The van der Waals surface area contributed by atoms with Crippen LogP contribution in [0.3, 0.4) is 0 Å². The Labute approximate surface area is 181 Å². The maximum atomic E-state index is 12.9. The number of hydrogen-bond acceptors (Lipinski definition) is 5. The first-order chi connectivity index (χ1) is 14.4. The first kappa shape index (κ1) is 21.6. The van der Waals surface area contributed by atoms with Crippen molar-refractivity contribution in [1.29, 1.82) is 0 Å². The molecule has 0 radical (unpaired) electrons. The third kappa shape index (κ3) is 5.10. The highest BCUT2D eigenvalue weighted by Crippen LogP contribution is 2.33. The number of anilines is 1. The van der Waals surface area contributed by atoms with Crippen LogP contribution < -0.4 is 10.1 Å². The molecule has 156 valence electrons. The molecule has 2 amide bonds. The van der Waals surface area contributed by atoms with Crippen molar-refractivity contribution in [2.24, 2.45) is 4.99 Å². The fourth-order valence-electron chi connectivity index (χ4n) is 3.05. The molecular weight excluding hydrogens is 398 g/mol.